The average Bonchev–Trinajstić information content (AvgIpc) is 3.03. The summed E-state index contributed by atoms with van der Waals surface area (Å²) in [6, 6.07) is 55.8. The summed E-state index contributed by atoms with van der Waals surface area (Å²) in [6.07, 6.45) is 5.36. The molecule has 1 heteroatoms. The van der Waals surface area contributed by atoms with E-state index in [1.54, 1.807) is 0 Å². The van der Waals surface area contributed by atoms with Crippen LogP contribution in [0.25, 0.3) is 53.9 Å². The normalized spacial score (nSPS) is 12.1. The van der Waals surface area contributed by atoms with Gasteiger partial charge in [-0.05, 0) is 88.8 Å². The molecule has 0 aliphatic rings. The average molecular weight is 527 g/mol. The van der Waals surface area contributed by atoms with Crippen molar-refractivity contribution in [1.82, 2.24) is 0 Å². The van der Waals surface area contributed by atoms with Gasteiger partial charge in [-0.3, -0.25) is 0 Å². The maximum absolute atomic E-state index is 5.36. The maximum Gasteiger partial charge on any atom is -0.00805 e. The highest BCUT2D eigenvalue weighted by Crippen LogP contribution is 2.49. The second-order valence-corrected chi connectivity index (χ2v) is 13.7. The third kappa shape index (κ3) is 3.33. The molecule has 0 N–H and O–H groups in total. The molecule has 0 fully saturated rings. The number of hydrogen-bond donors (Lipinski definition) is 0. The van der Waals surface area contributed by atoms with Crippen LogP contribution in [0.1, 0.15) is 0 Å². The van der Waals surface area contributed by atoms with Crippen molar-refractivity contribution in [1.29, 1.82) is 0 Å². The van der Waals surface area contributed by atoms with Gasteiger partial charge in [0.15, 0.2) is 0 Å². The van der Waals surface area contributed by atoms with Crippen molar-refractivity contribution in [3.05, 3.63) is 152 Å². The topological polar surface area (TPSA) is 0 Å². The van der Waals surface area contributed by atoms with Gasteiger partial charge in [0.05, 0.1) is 0 Å². The Labute approximate surface area is 234 Å². The Hall–Kier alpha value is -4.64. The van der Waals surface area contributed by atoms with E-state index in [1.165, 1.54) is 69.8 Å². The highest BCUT2D eigenvalue weighted by Gasteiger charge is 2.29. The van der Waals surface area contributed by atoms with Crippen molar-refractivity contribution in [2.24, 2.45) is 0 Å². The molecule has 0 atom stereocenters. The van der Waals surface area contributed by atoms with Gasteiger partial charge in [-0.25, -0.2) is 0 Å². The summed E-state index contributed by atoms with van der Waals surface area (Å²) in [4.78, 5) is 0. The van der Waals surface area contributed by atoms with Crippen molar-refractivity contribution >= 4 is 83.0 Å². The molecule has 0 saturated heterocycles. The molecule has 0 spiro atoms. The van der Waals surface area contributed by atoms with Crippen molar-refractivity contribution < 1.29 is 0 Å². The molecule has 0 aliphatic carbocycles. The van der Waals surface area contributed by atoms with Crippen LogP contribution in [0.4, 0.5) is 0 Å². The molecular weight excluding hydrogens is 499 g/mol. The predicted octanol–water partition coefficient (Wildman–Crippen LogP) is 9.18. The molecule has 188 valence electrons. The summed E-state index contributed by atoms with van der Waals surface area (Å²) < 4.78 is 0. The Balaban J connectivity index is 1.63. The van der Waals surface area contributed by atoms with Gasteiger partial charge in [-0.1, -0.05) is 146 Å². The van der Waals surface area contributed by atoms with E-state index in [1.807, 2.05) is 0 Å². The highest BCUT2D eigenvalue weighted by atomic mass is 31.2. The van der Waals surface area contributed by atoms with Crippen molar-refractivity contribution in [3.63, 3.8) is 0 Å². The monoisotopic (exact) mass is 526 g/mol. The fourth-order valence-electron chi connectivity index (χ4n) is 6.63. The summed E-state index contributed by atoms with van der Waals surface area (Å²) in [5.74, 6) is 0. The van der Waals surface area contributed by atoms with Crippen LogP contribution in [-0.2, 0) is 0 Å². The standard InChI is InChI=1S/C39H27P/c1-40(37-24-12-16-27-13-2-7-19-32(27)37,38-25-28-14-3-5-17-30(28)33-20-8-10-22-35(33)38)39-26-29-15-4-6-18-31(29)34-21-9-11-23-36(34)39/h2-26H,1H2. The predicted molar refractivity (Wildman–Crippen MR) is 180 cm³/mol. The lowest BCUT2D eigenvalue weighted by Crippen LogP contribution is -2.27. The summed E-state index contributed by atoms with van der Waals surface area (Å²) in [5.41, 5.74) is 0. The first-order valence-corrected chi connectivity index (χ1v) is 15.7. The highest BCUT2D eigenvalue weighted by molar-refractivity contribution is 7.94. The minimum absolute atomic E-state index is 1.25. The largest absolute Gasteiger partial charge is 0.0886 e. The lowest BCUT2D eigenvalue weighted by Gasteiger charge is -2.31. The number of fused-ring (bicyclic) bond motifs is 7. The van der Waals surface area contributed by atoms with Gasteiger partial charge < -0.3 is 0 Å². The lowest BCUT2D eigenvalue weighted by molar-refractivity contribution is 1.77. The Bertz CT molecular complexity index is 2180. The first kappa shape index (κ1) is 23.3. The molecular formula is C39H27P. The fourth-order valence-corrected chi connectivity index (χ4v) is 10.3. The number of rotatable bonds is 3. The second-order valence-electron chi connectivity index (χ2n) is 10.6. The van der Waals surface area contributed by atoms with E-state index in [-0.39, 0.29) is 0 Å². The van der Waals surface area contributed by atoms with Gasteiger partial charge in [-0.15, -0.1) is 0 Å². The third-order valence-corrected chi connectivity index (χ3v) is 12.1. The summed E-state index contributed by atoms with van der Waals surface area (Å²) in [7, 11) is 0. The SMILES string of the molecule is C=P(c1cccc2ccccc12)(c1cc2ccccc2c2ccccc12)c1cc2ccccc2c2ccccc12. The van der Waals surface area contributed by atoms with Crippen LogP contribution in [-0.4, -0.2) is 6.30 Å². The van der Waals surface area contributed by atoms with E-state index in [4.69, 9.17) is 6.30 Å². The molecule has 0 aliphatic heterocycles. The van der Waals surface area contributed by atoms with Crippen LogP contribution in [0.2, 0.25) is 0 Å². The zero-order valence-electron chi connectivity index (χ0n) is 22.1. The summed E-state index contributed by atoms with van der Waals surface area (Å²) in [5, 5.41) is 16.8. The van der Waals surface area contributed by atoms with Crippen molar-refractivity contribution in [3.8, 4) is 0 Å². The molecule has 0 amide bonds. The van der Waals surface area contributed by atoms with Crippen LogP contribution in [0.5, 0.6) is 0 Å². The Kier molecular flexibility index (Phi) is 5.21. The van der Waals surface area contributed by atoms with Gasteiger partial charge in [0.2, 0.25) is 0 Å². The van der Waals surface area contributed by atoms with E-state index in [2.05, 4.69) is 152 Å². The lowest BCUT2D eigenvalue weighted by atomic mass is 10.0. The van der Waals surface area contributed by atoms with E-state index in [9.17, 15) is 0 Å². The smallest absolute Gasteiger partial charge is 0.00805 e. The first-order chi connectivity index (χ1) is 19.7. The summed E-state index contributed by atoms with van der Waals surface area (Å²) >= 11 is 0. The Morgan fingerprint density at radius 3 is 1.20 bits per heavy atom. The van der Waals surface area contributed by atoms with Crippen molar-refractivity contribution in [2.75, 3.05) is 0 Å². The molecule has 0 unspecified atom stereocenters. The van der Waals surface area contributed by atoms with E-state index in [0.717, 1.165) is 0 Å². The zero-order valence-corrected chi connectivity index (χ0v) is 23.0. The minimum Gasteiger partial charge on any atom is -0.0886 e. The molecule has 8 aromatic carbocycles. The van der Waals surface area contributed by atoms with Crippen LogP contribution in [0.15, 0.2) is 152 Å². The second kappa shape index (κ2) is 8.95. The molecule has 40 heavy (non-hydrogen) atoms. The Morgan fingerprint density at radius 1 is 0.300 bits per heavy atom. The van der Waals surface area contributed by atoms with Crippen LogP contribution in [0, 0.1) is 0 Å². The van der Waals surface area contributed by atoms with Gasteiger partial charge in [0.1, 0.15) is 0 Å². The number of hydrogen-bond acceptors (Lipinski definition) is 0. The molecule has 8 rings (SSSR count). The van der Waals surface area contributed by atoms with Crippen molar-refractivity contribution in [2.45, 2.75) is 0 Å². The zero-order chi connectivity index (χ0) is 26.7. The molecule has 0 heterocycles. The molecule has 8 aromatic rings. The minimum atomic E-state index is -2.42. The van der Waals surface area contributed by atoms with Gasteiger partial charge >= 0.3 is 0 Å². The van der Waals surface area contributed by atoms with Gasteiger partial charge in [0.25, 0.3) is 0 Å². The van der Waals surface area contributed by atoms with E-state index in [0.29, 0.717) is 0 Å². The molecule has 0 aromatic heterocycles. The van der Waals surface area contributed by atoms with E-state index < -0.39 is 6.89 Å². The molecule has 0 bridgehead atoms. The Morgan fingerprint density at radius 2 is 0.675 bits per heavy atom. The molecule has 0 nitrogen and oxygen atoms in total. The van der Waals surface area contributed by atoms with Crippen LogP contribution < -0.4 is 15.9 Å². The van der Waals surface area contributed by atoms with Gasteiger partial charge in [0, 0.05) is 0 Å². The van der Waals surface area contributed by atoms with E-state index >= 15 is 0 Å². The van der Waals surface area contributed by atoms with Gasteiger partial charge in [-0.2, -0.15) is 0 Å². The van der Waals surface area contributed by atoms with Crippen LogP contribution in [0.3, 0.4) is 0 Å². The third-order valence-electron chi connectivity index (χ3n) is 8.49. The first-order valence-electron chi connectivity index (χ1n) is 13.8. The van der Waals surface area contributed by atoms with Crippen LogP contribution >= 0.6 is 6.89 Å². The molecule has 0 saturated carbocycles. The number of benzene rings is 8. The molecule has 0 radical (unpaired) electrons. The fraction of sp³-hybridized carbons (Fsp3) is 0. The quantitative estimate of drug-likeness (QED) is 0.159. The maximum atomic E-state index is 5.36. The summed E-state index contributed by atoms with van der Waals surface area (Å²) in [6.45, 7) is -2.42.